The summed E-state index contributed by atoms with van der Waals surface area (Å²) in [5.74, 6) is 0.280. The van der Waals surface area contributed by atoms with E-state index in [2.05, 4.69) is 13.8 Å². The Hall–Kier alpha value is -0.530. The molecule has 0 N–H and O–H groups in total. The summed E-state index contributed by atoms with van der Waals surface area (Å²) in [5, 5.41) is 0. The monoisotopic (exact) mass is 183 g/mol. The Morgan fingerprint density at radius 1 is 1.54 bits per heavy atom. The first-order valence-corrected chi connectivity index (χ1v) is 5.22. The van der Waals surface area contributed by atoms with Gasteiger partial charge in [0, 0.05) is 19.5 Å². The van der Waals surface area contributed by atoms with E-state index in [1.807, 2.05) is 18.9 Å². The molecule has 0 aromatic rings. The molecule has 0 aromatic heterocycles. The highest BCUT2D eigenvalue weighted by Crippen LogP contribution is 2.39. The molecule has 0 bridgehead atoms. The Balaban J connectivity index is 2.51. The summed E-state index contributed by atoms with van der Waals surface area (Å²) in [6.45, 7) is 6.51. The Kier molecular flexibility index (Phi) is 2.99. The fraction of sp³-hybridized carbons (Fsp3) is 0.909. The number of nitrogens with zero attached hydrogens (tertiary/aromatic N) is 1. The zero-order valence-corrected chi connectivity index (χ0v) is 9.26. The van der Waals surface area contributed by atoms with Crippen LogP contribution in [0.2, 0.25) is 0 Å². The van der Waals surface area contributed by atoms with Gasteiger partial charge in [-0.15, -0.1) is 0 Å². The highest BCUT2D eigenvalue weighted by atomic mass is 16.2. The first-order valence-electron chi connectivity index (χ1n) is 5.22. The largest absolute Gasteiger partial charge is 0.343 e. The first-order chi connectivity index (χ1) is 5.96. The van der Waals surface area contributed by atoms with Gasteiger partial charge in [-0.2, -0.15) is 0 Å². The van der Waals surface area contributed by atoms with Gasteiger partial charge in [0.15, 0.2) is 0 Å². The maximum absolute atomic E-state index is 11.4. The zero-order chi connectivity index (χ0) is 10.1. The van der Waals surface area contributed by atoms with Crippen LogP contribution >= 0.6 is 0 Å². The van der Waals surface area contributed by atoms with Crippen LogP contribution in [-0.4, -0.2) is 23.9 Å². The van der Waals surface area contributed by atoms with E-state index < -0.39 is 0 Å². The molecule has 1 saturated carbocycles. The van der Waals surface area contributed by atoms with Crippen LogP contribution in [0.25, 0.3) is 0 Å². The lowest BCUT2D eigenvalue weighted by atomic mass is 9.91. The maximum Gasteiger partial charge on any atom is 0.222 e. The lowest BCUT2D eigenvalue weighted by molar-refractivity contribution is -0.131. The minimum absolute atomic E-state index is 0.280. The molecule has 0 aromatic carbocycles. The standard InChI is InChI=1S/C11H21NO/c1-5-10(13)12(4)9-6-7-11(2,3)8-9/h9H,5-8H2,1-4H3. The predicted octanol–water partition coefficient (Wildman–Crippen LogP) is 2.43. The molecule has 0 aliphatic heterocycles. The summed E-state index contributed by atoms with van der Waals surface area (Å²) >= 11 is 0. The van der Waals surface area contributed by atoms with Crippen molar-refractivity contribution in [3.8, 4) is 0 Å². The summed E-state index contributed by atoms with van der Waals surface area (Å²) in [7, 11) is 1.94. The minimum atomic E-state index is 0.280. The normalized spacial score (nSPS) is 26.0. The fourth-order valence-corrected chi connectivity index (χ4v) is 2.18. The second-order valence-electron chi connectivity index (χ2n) is 4.92. The van der Waals surface area contributed by atoms with Crippen LogP contribution in [0.3, 0.4) is 0 Å². The zero-order valence-electron chi connectivity index (χ0n) is 9.26. The lowest BCUT2D eigenvalue weighted by Crippen LogP contribution is -2.35. The van der Waals surface area contributed by atoms with E-state index in [0.717, 1.165) is 6.42 Å². The van der Waals surface area contributed by atoms with E-state index >= 15 is 0 Å². The molecule has 1 rings (SSSR count). The molecule has 1 unspecified atom stereocenters. The molecule has 1 aliphatic rings. The van der Waals surface area contributed by atoms with Crippen molar-refractivity contribution >= 4 is 5.91 Å². The van der Waals surface area contributed by atoms with Crippen molar-refractivity contribution < 1.29 is 4.79 Å². The van der Waals surface area contributed by atoms with Gasteiger partial charge < -0.3 is 4.90 Å². The minimum Gasteiger partial charge on any atom is -0.343 e. The van der Waals surface area contributed by atoms with Gasteiger partial charge in [-0.25, -0.2) is 0 Å². The van der Waals surface area contributed by atoms with Gasteiger partial charge in [-0.1, -0.05) is 20.8 Å². The Bertz CT molecular complexity index is 198. The van der Waals surface area contributed by atoms with Crippen molar-refractivity contribution in [3.63, 3.8) is 0 Å². The Labute approximate surface area is 81.3 Å². The van der Waals surface area contributed by atoms with Crippen LogP contribution in [0.1, 0.15) is 46.5 Å². The molecule has 0 spiro atoms. The van der Waals surface area contributed by atoms with Crippen molar-refractivity contribution in [1.29, 1.82) is 0 Å². The molecule has 1 atom stereocenters. The SMILES string of the molecule is CCC(=O)N(C)C1CCC(C)(C)C1. The molecule has 1 amide bonds. The van der Waals surface area contributed by atoms with E-state index in [4.69, 9.17) is 0 Å². The number of carbonyl (C=O) groups is 1. The van der Waals surface area contributed by atoms with E-state index in [9.17, 15) is 4.79 Å². The van der Waals surface area contributed by atoms with Gasteiger partial charge in [-0.05, 0) is 24.7 Å². The number of carbonyl (C=O) groups excluding carboxylic acids is 1. The molecule has 2 nitrogen and oxygen atoms in total. The van der Waals surface area contributed by atoms with Crippen LogP contribution in [0.5, 0.6) is 0 Å². The van der Waals surface area contributed by atoms with Gasteiger partial charge in [0.2, 0.25) is 5.91 Å². The molecular formula is C11H21NO. The van der Waals surface area contributed by atoms with E-state index in [0.29, 0.717) is 17.9 Å². The van der Waals surface area contributed by atoms with Gasteiger partial charge >= 0.3 is 0 Å². The smallest absolute Gasteiger partial charge is 0.222 e. The summed E-state index contributed by atoms with van der Waals surface area (Å²) in [6, 6.07) is 0.488. The average molecular weight is 183 g/mol. The van der Waals surface area contributed by atoms with Crippen molar-refractivity contribution in [2.75, 3.05) is 7.05 Å². The highest BCUT2D eigenvalue weighted by Gasteiger charge is 2.34. The Morgan fingerprint density at radius 3 is 2.54 bits per heavy atom. The van der Waals surface area contributed by atoms with Gasteiger partial charge in [-0.3, -0.25) is 4.79 Å². The van der Waals surface area contributed by atoms with E-state index in [-0.39, 0.29) is 5.91 Å². The quantitative estimate of drug-likeness (QED) is 0.644. The third-order valence-electron chi connectivity index (χ3n) is 3.19. The molecule has 76 valence electrons. The third kappa shape index (κ3) is 2.45. The van der Waals surface area contributed by atoms with Crippen LogP contribution in [0.4, 0.5) is 0 Å². The molecule has 0 saturated heterocycles. The van der Waals surface area contributed by atoms with Gasteiger partial charge in [0.25, 0.3) is 0 Å². The Morgan fingerprint density at radius 2 is 2.15 bits per heavy atom. The van der Waals surface area contributed by atoms with Crippen molar-refractivity contribution in [3.05, 3.63) is 0 Å². The number of rotatable bonds is 2. The van der Waals surface area contributed by atoms with Crippen molar-refractivity contribution in [2.45, 2.75) is 52.5 Å². The van der Waals surface area contributed by atoms with Crippen molar-refractivity contribution in [1.82, 2.24) is 4.90 Å². The van der Waals surface area contributed by atoms with Crippen LogP contribution in [0, 0.1) is 5.41 Å². The molecule has 1 fully saturated rings. The van der Waals surface area contributed by atoms with Crippen LogP contribution in [-0.2, 0) is 4.79 Å². The summed E-state index contributed by atoms with van der Waals surface area (Å²) in [4.78, 5) is 13.4. The first kappa shape index (κ1) is 10.6. The summed E-state index contributed by atoms with van der Waals surface area (Å²) < 4.78 is 0. The highest BCUT2D eigenvalue weighted by molar-refractivity contribution is 5.75. The molecule has 1 aliphatic carbocycles. The third-order valence-corrected chi connectivity index (χ3v) is 3.19. The molecule has 0 radical (unpaired) electrons. The topological polar surface area (TPSA) is 20.3 Å². The maximum atomic E-state index is 11.4. The number of hydrogen-bond donors (Lipinski definition) is 0. The number of amides is 1. The van der Waals surface area contributed by atoms with E-state index in [1.165, 1.54) is 12.8 Å². The number of hydrogen-bond acceptors (Lipinski definition) is 1. The van der Waals surface area contributed by atoms with E-state index in [1.54, 1.807) is 0 Å². The molecule has 0 heterocycles. The lowest BCUT2D eigenvalue weighted by Gasteiger charge is -2.25. The molecule has 13 heavy (non-hydrogen) atoms. The predicted molar refractivity (Wildman–Crippen MR) is 54.5 cm³/mol. The molecular weight excluding hydrogens is 162 g/mol. The molecule has 2 heteroatoms. The summed E-state index contributed by atoms with van der Waals surface area (Å²) in [5.41, 5.74) is 0.437. The fourth-order valence-electron chi connectivity index (χ4n) is 2.18. The second-order valence-corrected chi connectivity index (χ2v) is 4.92. The van der Waals surface area contributed by atoms with Crippen LogP contribution < -0.4 is 0 Å². The van der Waals surface area contributed by atoms with Crippen LogP contribution in [0.15, 0.2) is 0 Å². The van der Waals surface area contributed by atoms with Gasteiger partial charge in [0.1, 0.15) is 0 Å². The van der Waals surface area contributed by atoms with Gasteiger partial charge in [0.05, 0.1) is 0 Å². The second kappa shape index (κ2) is 3.69. The summed E-state index contributed by atoms with van der Waals surface area (Å²) in [6.07, 6.45) is 4.22. The average Bonchev–Trinajstić information content (AvgIpc) is 2.43. The van der Waals surface area contributed by atoms with Crippen molar-refractivity contribution in [2.24, 2.45) is 5.41 Å².